The maximum Gasteiger partial charge on any atom is 0.0746 e. The van der Waals surface area contributed by atoms with E-state index in [0.29, 0.717) is 6.04 Å². The van der Waals surface area contributed by atoms with Crippen molar-refractivity contribution in [3.63, 3.8) is 0 Å². The molecule has 0 saturated carbocycles. The molecule has 2 aliphatic rings. The van der Waals surface area contributed by atoms with Gasteiger partial charge in [0.2, 0.25) is 0 Å². The van der Waals surface area contributed by atoms with E-state index in [0.717, 1.165) is 32.4 Å². The van der Waals surface area contributed by atoms with E-state index in [9.17, 15) is 5.11 Å². The van der Waals surface area contributed by atoms with Gasteiger partial charge in [-0.1, -0.05) is 24.3 Å². The van der Waals surface area contributed by atoms with Crippen molar-refractivity contribution in [3.05, 3.63) is 35.4 Å². The van der Waals surface area contributed by atoms with E-state index in [1.165, 1.54) is 11.1 Å². The predicted octanol–water partition coefficient (Wildman–Crippen LogP) is 1.98. The first kappa shape index (κ1) is 12.2. The zero-order valence-corrected chi connectivity index (χ0v) is 11.0. The summed E-state index contributed by atoms with van der Waals surface area (Å²) in [6.07, 6.45) is 2.96. The first-order valence-electron chi connectivity index (χ1n) is 6.88. The second-order valence-electron chi connectivity index (χ2n) is 6.06. The van der Waals surface area contributed by atoms with Crippen molar-refractivity contribution in [3.8, 4) is 0 Å². The Labute approximate surface area is 109 Å². The molecule has 1 aromatic carbocycles. The lowest BCUT2D eigenvalue weighted by Gasteiger charge is -2.40. The molecule has 0 radical (unpaired) electrons. The van der Waals surface area contributed by atoms with Gasteiger partial charge in [-0.3, -0.25) is 4.90 Å². The van der Waals surface area contributed by atoms with E-state index in [1.807, 2.05) is 6.92 Å². The number of nitrogens with two attached hydrogens (primary N) is 1. The number of nitrogens with zero attached hydrogens (tertiary/aromatic N) is 1. The van der Waals surface area contributed by atoms with Crippen molar-refractivity contribution in [1.82, 2.24) is 4.90 Å². The number of fused-ring (bicyclic) bond motifs is 1. The molecule has 0 spiro atoms. The smallest absolute Gasteiger partial charge is 0.0746 e. The number of aliphatic hydroxyl groups is 1. The van der Waals surface area contributed by atoms with Crippen LogP contribution in [0.3, 0.4) is 0 Å². The quantitative estimate of drug-likeness (QED) is 0.796. The van der Waals surface area contributed by atoms with E-state index in [1.54, 1.807) is 0 Å². The van der Waals surface area contributed by atoms with Gasteiger partial charge in [0, 0.05) is 18.6 Å². The molecule has 3 atom stereocenters. The van der Waals surface area contributed by atoms with Crippen molar-refractivity contribution >= 4 is 0 Å². The van der Waals surface area contributed by atoms with Crippen molar-refractivity contribution < 1.29 is 5.11 Å². The van der Waals surface area contributed by atoms with Crippen LogP contribution in [0.25, 0.3) is 0 Å². The fourth-order valence-corrected chi connectivity index (χ4v) is 3.52. The molecule has 3 unspecified atom stereocenters. The summed E-state index contributed by atoms with van der Waals surface area (Å²) in [5.41, 5.74) is 8.33. The lowest BCUT2D eigenvalue weighted by molar-refractivity contribution is -0.0308. The number of hydrogen-bond donors (Lipinski definition) is 2. The topological polar surface area (TPSA) is 49.5 Å². The number of hydrogen-bond acceptors (Lipinski definition) is 3. The van der Waals surface area contributed by atoms with Gasteiger partial charge in [0.15, 0.2) is 0 Å². The van der Waals surface area contributed by atoms with Crippen molar-refractivity contribution in [2.75, 3.05) is 13.1 Å². The number of piperidine rings is 1. The van der Waals surface area contributed by atoms with E-state index < -0.39 is 5.60 Å². The molecule has 1 aromatic rings. The third kappa shape index (κ3) is 2.07. The molecule has 1 aliphatic carbocycles. The van der Waals surface area contributed by atoms with Gasteiger partial charge in [0.1, 0.15) is 0 Å². The van der Waals surface area contributed by atoms with Crippen LogP contribution in [0.1, 0.15) is 49.4 Å². The van der Waals surface area contributed by atoms with Gasteiger partial charge in [-0.05, 0) is 43.9 Å². The molecule has 3 heteroatoms. The van der Waals surface area contributed by atoms with Crippen LogP contribution in [0.2, 0.25) is 0 Å². The monoisotopic (exact) mass is 246 g/mol. The molecule has 0 bridgehead atoms. The van der Waals surface area contributed by atoms with Gasteiger partial charge in [-0.15, -0.1) is 0 Å². The molecular weight excluding hydrogens is 224 g/mol. The zero-order valence-electron chi connectivity index (χ0n) is 11.0. The van der Waals surface area contributed by atoms with Crippen molar-refractivity contribution in [1.29, 1.82) is 0 Å². The van der Waals surface area contributed by atoms with Gasteiger partial charge in [-0.25, -0.2) is 0 Å². The summed E-state index contributed by atoms with van der Waals surface area (Å²) in [7, 11) is 0. The summed E-state index contributed by atoms with van der Waals surface area (Å²) in [6, 6.07) is 9.03. The summed E-state index contributed by atoms with van der Waals surface area (Å²) in [6.45, 7) is 3.78. The average molecular weight is 246 g/mol. The van der Waals surface area contributed by atoms with Gasteiger partial charge >= 0.3 is 0 Å². The van der Waals surface area contributed by atoms with Crippen LogP contribution in [-0.4, -0.2) is 28.7 Å². The molecule has 1 fully saturated rings. The summed E-state index contributed by atoms with van der Waals surface area (Å²) in [5.74, 6) is 0. The van der Waals surface area contributed by atoms with E-state index in [2.05, 4.69) is 29.2 Å². The Hall–Kier alpha value is -0.900. The number of β-amino-alcohol motifs (C(OH)–C–C–N with tert-alkyl or cyclic N) is 1. The van der Waals surface area contributed by atoms with E-state index in [4.69, 9.17) is 5.73 Å². The van der Waals surface area contributed by atoms with Crippen molar-refractivity contribution in [2.45, 2.75) is 43.9 Å². The summed E-state index contributed by atoms with van der Waals surface area (Å²) in [5, 5.41) is 10.2. The Morgan fingerprint density at radius 3 is 2.78 bits per heavy atom. The van der Waals surface area contributed by atoms with Gasteiger partial charge in [-0.2, -0.15) is 0 Å². The Morgan fingerprint density at radius 1 is 1.33 bits per heavy atom. The summed E-state index contributed by atoms with van der Waals surface area (Å²) in [4.78, 5) is 2.41. The van der Waals surface area contributed by atoms with Crippen LogP contribution in [0.15, 0.2) is 24.3 Å². The maximum absolute atomic E-state index is 10.2. The highest BCUT2D eigenvalue weighted by Crippen LogP contribution is 2.42. The average Bonchev–Trinajstić information content (AvgIpc) is 2.66. The molecule has 3 N–H and O–H groups in total. The minimum atomic E-state index is -0.542. The maximum atomic E-state index is 10.2. The van der Waals surface area contributed by atoms with Crippen LogP contribution in [-0.2, 0) is 0 Å². The van der Waals surface area contributed by atoms with Gasteiger partial charge < -0.3 is 10.8 Å². The summed E-state index contributed by atoms with van der Waals surface area (Å²) >= 11 is 0. The second kappa shape index (κ2) is 4.34. The lowest BCUT2D eigenvalue weighted by atomic mass is 9.93. The Morgan fingerprint density at radius 2 is 2.06 bits per heavy atom. The van der Waals surface area contributed by atoms with Crippen LogP contribution < -0.4 is 5.73 Å². The number of likely N-dealkylation sites (tertiary alicyclic amines) is 1. The predicted molar refractivity (Wildman–Crippen MR) is 72.2 cm³/mol. The molecule has 1 saturated heterocycles. The highest BCUT2D eigenvalue weighted by molar-refractivity contribution is 5.37. The molecule has 0 amide bonds. The van der Waals surface area contributed by atoms with Gasteiger partial charge in [0.25, 0.3) is 0 Å². The third-order valence-electron chi connectivity index (χ3n) is 4.38. The van der Waals surface area contributed by atoms with Crippen LogP contribution in [0.5, 0.6) is 0 Å². The van der Waals surface area contributed by atoms with Gasteiger partial charge in [0.05, 0.1) is 5.60 Å². The molecular formula is C15H22N2O. The molecule has 1 heterocycles. The highest BCUT2D eigenvalue weighted by Gasteiger charge is 2.37. The fourth-order valence-electron chi connectivity index (χ4n) is 3.52. The number of benzene rings is 1. The minimum Gasteiger partial charge on any atom is -0.389 e. The fraction of sp³-hybridized carbons (Fsp3) is 0.600. The standard InChI is InChI=1S/C15H22N2O/c1-15(18)7-4-8-17(10-15)14-9-13(16)11-5-2-3-6-12(11)14/h2-3,5-6,13-14,18H,4,7-10,16H2,1H3. The molecule has 98 valence electrons. The number of rotatable bonds is 1. The molecule has 1 aliphatic heterocycles. The van der Waals surface area contributed by atoms with Crippen molar-refractivity contribution in [2.24, 2.45) is 5.73 Å². The highest BCUT2D eigenvalue weighted by atomic mass is 16.3. The molecule has 0 aromatic heterocycles. The largest absolute Gasteiger partial charge is 0.389 e. The summed E-state index contributed by atoms with van der Waals surface area (Å²) < 4.78 is 0. The molecule has 3 nitrogen and oxygen atoms in total. The zero-order chi connectivity index (χ0) is 12.8. The minimum absolute atomic E-state index is 0.151. The Kier molecular flexibility index (Phi) is 2.93. The second-order valence-corrected chi connectivity index (χ2v) is 6.06. The Bertz CT molecular complexity index is 444. The normalized spacial score (nSPS) is 36.6. The molecule has 3 rings (SSSR count). The third-order valence-corrected chi connectivity index (χ3v) is 4.38. The van der Waals surface area contributed by atoms with Crippen LogP contribution in [0, 0.1) is 0 Å². The molecule has 18 heavy (non-hydrogen) atoms. The van der Waals surface area contributed by atoms with E-state index in [-0.39, 0.29) is 6.04 Å². The van der Waals surface area contributed by atoms with E-state index >= 15 is 0 Å². The first-order chi connectivity index (χ1) is 8.57. The Balaban J connectivity index is 1.86. The van der Waals surface area contributed by atoms with Crippen LogP contribution >= 0.6 is 0 Å². The lowest BCUT2D eigenvalue weighted by Crippen LogP contribution is -2.47. The first-order valence-corrected chi connectivity index (χ1v) is 6.88. The van der Waals surface area contributed by atoms with Crippen LogP contribution in [0.4, 0.5) is 0 Å². The SMILES string of the molecule is CC1(O)CCCN(C2CC(N)c3ccccc32)C1.